The molecule has 1 saturated carbocycles. The predicted octanol–water partition coefficient (Wildman–Crippen LogP) is 2.45. The molecule has 0 bridgehead atoms. The van der Waals surface area contributed by atoms with Crippen molar-refractivity contribution >= 4 is 28.3 Å². The zero-order valence-corrected chi connectivity index (χ0v) is 17.6. The summed E-state index contributed by atoms with van der Waals surface area (Å²) >= 11 is 0. The van der Waals surface area contributed by atoms with Gasteiger partial charge in [0.15, 0.2) is 0 Å². The molecule has 152 valence electrons. The Morgan fingerprint density at radius 1 is 1.30 bits per heavy atom. The SMILES string of the molecule is Cc1ccc(S(=O)(=O)N2CCCCC2C)cc1C(=O)NCC(N)C1CC1.Cl. The predicted molar refractivity (Wildman–Crippen MR) is 109 cm³/mol. The number of nitrogens with one attached hydrogen (secondary N) is 1. The third-order valence-electron chi connectivity index (χ3n) is 5.53. The topological polar surface area (TPSA) is 92.5 Å². The number of nitrogens with zero attached hydrogens (tertiary/aromatic N) is 1. The van der Waals surface area contributed by atoms with E-state index < -0.39 is 10.0 Å². The molecule has 2 aliphatic rings. The van der Waals surface area contributed by atoms with Gasteiger partial charge in [-0.25, -0.2) is 8.42 Å². The highest BCUT2D eigenvalue weighted by Crippen LogP contribution is 2.31. The van der Waals surface area contributed by atoms with E-state index in [0.717, 1.165) is 37.7 Å². The van der Waals surface area contributed by atoms with Gasteiger partial charge in [0, 0.05) is 30.7 Å². The molecule has 1 saturated heterocycles. The molecule has 0 spiro atoms. The van der Waals surface area contributed by atoms with Crippen molar-refractivity contribution < 1.29 is 13.2 Å². The van der Waals surface area contributed by atoms with Crippen LogP contribution in [-0.4, -0.2) is 43.8 Å². The van der Waals surface area contributed by atoms with E-state index in [0.29, 0.717) is 24.6 Å². The van der Waals surface area contributed by atoms with Crippen molar-refractivity contribution in [3.05, 3.63) is 29.3 Å². The summed E-state index contributed by atoms with van der Waals surface area (Å²) in [6.45, 7) is 4.71. The van der Waals surface area contributed by atoms with Gasteiger partial charge in [-0.1, -0.05) is 12.5 Å². The zero-order valence-electron chi connectivity index (χ0n) is 16.0. The number of carbonyl (C=O) groups excluding carboxylic acids is 1. The molecule has 2 fully saturated rings. The van der Waals surface area contributed by atoms with Crippen LogP contribution in [-0.2, 0) is 10.0 Å². The van der Waals surface area contributed by atoms with E-state index >= 15 is 0 Å². The molecule has 1 aromatic carbocycles. The molecule has 1 amide bonds. The lowest BCUT2D eigenvalue weighted by atomic mass is 10.1. The average Bonchev–Trinajstić information content (AvgIpc) is 3.45. The van der Waals surface area contributed by atoms with Crippen LogP contribution in [0.15, 0.2) is 23.1 Å². The summed E-state index contributed by atoms with van der Waals surface area (Å²) in [5.74, 6) is 0.242. The molecule has 0 aromatic heterocycles. The molecule has 8 heteroatoms. The smallest absolute Gasteiger partial charge is 0.251 e. The first kappa shape index (κ1) is 22.1. The monoisotopic (exact) mass is 415 g/mol. The van der Waals surface area contributed by atoms with Crippen molar-refractivity contribution in [2.75, 3.05) is 13.1 Å². The van der Waals surface area contributed by atoms with Crippen molar-refractivity contribution in [1.29, 1.82) is 0 Å². The first-order valence-electron chi connectivity index (χ1n) is 9.47. The van der Waals surface area contributed by atoms with Crippen LogP contribution in [0.25, 0.3) is 0 Å². The van der Waals surface area contributed by atoms with E-state index in [1.165, 1.54) is 6.07 Å². The van der Waals surface area contributed by atoms with Gasteiger partial charge in [0.2, 0.25) is 10.0 Å². The highest BCUT2D eigenvalue weighted by molar-refractivity contribution is 7.89. The molecular formula is C19H30ClN3O3S. The minimum atomic E-state index is -3.59. The van der Waals surface area contributed by atoms with E-state index in [4.69, 9.17) is 5.73 Å². The fourth-order valence-corrected chi connectivity index (χ4v) is 5.29. The molecule has 3 N–H and O–H groups in total. The average molecular weight is 416 g/mol. The second kappa shape index (κ2) is 8.90. The molecule has 6 nitrogen and oxygen atoms in total. The molecule has 2 unspecified atom stereocenters. The summed E-state index contributed by atoms with van der Waals surface area (Å²) in [5.41, 5.74) is 7.20. The Kier molecular flexibility index (Phi) is 7.30. The Bertz CT molecular complexity index is 780. The number of sulfonamides is 1. The molecule has 2 atom stereocenters. The number of rotatable bonds is 6. The van der Waals surface area contributed by atoms with Crippen LogP contribution in [0.3, 0.4) is 0 Å². The highest BCUT2D eigenvalue weighted by Gasteiger charge is 2.32. The van der Waals surface area contributed by atoms with Gasteiger partial charge in [-0.05, 0) is 63.1 Å². The standard InChI is InChI=1S/C19H29N3O3S.ClH/c1-13-6-9-16(26(24,25)22-10-4-3-5-14(22)2)11-17(13)19(23)21-12-18(20)15-7-8-15;/h6,9,11,14-15,18H,3-5,7-8,10,12,20H2,1-2H3,(H,21,23);1H. The summed E-state index contributed by atoms with van der Waals surface area (Å²) in [7, 11) is -3.59. The molecular weight excluding hydrogens is 386 g/mol. The third-order valence-corrected chi connectivity index (χ3v) is 7.54. The number of halogens is 1. The van der Waals surface area contributed by atoms with Crippen molar-refractivity contribution in [1.82, 2.24) is 9.62 Å². The molecule has 1 aromatic rings. The maximum absolute atomic E-state index is 13.0. The van der Waals surface area contributed by atoms with E-state index in [-0.39, 0.29) is 35.3 Å². The molecule has 0 radical (unpaired) electrons. The van der Waals surface area contributed by atoms with Gasteiger partial charge in [-0.3, -0.25) is 4.79 Å². The number of piperidine rings is 1. The molecule has 1 aliphatic carbocycles. The summed E-state index contributed by atoms with van der Waals surface area (Å²) < 4.78 is 27.6. The van der Waals surface area contributed by atoms with Gasteiger partial charge < -0.3 is 11.1 Å². The first-order chi connectivity index (χ1) is 12.3. The van der Waals surface area contributed by atoms with Crippen LogP contribution in [0, 0.1) is 12.8 Å². The van der Waals surface area contributed by atoms with Crippen molar-refractivity contribution in [3.63, 3.8) is 0 Å². The second-order valence-corrected chi connectivity index (χ2v) is 9.54. The number of amides is 1. The molecule has 1 aliphatic heterocycles. The number of nitrogens with two attached hydrogens (primary N) is 1. The van der Waals surface area contributed by atoms with Gasteiger partial charge in [0.25, 0.3) is 5.91 Å². The normalized spacial score (nSPS) is 22.0. The fraction of sp³-hybridized carbons (Fsp3) is 0.632. The van der Waals surface area contributed by atoms with Gasteiger partial charge in [-0.15, -0.1) is 12.4 Å². The van der Waals surface area contributed by atoms with E-state index in [1.54, 1.807) is 16.4 Å². The Labute approximate surface area is 168 Å². The number of hydrogen-bond acceptors (Lipinski definition) is 4. The van der Waals surface area contributed by atoms with Crippen molar-refractivity contribution in [2.24, 2.45) is 11.7 Å². The maximum Gasteiger partial charge on any atom is 0.251 e. The van der Waals surface area contributed by atoms with Crippen LogP contribution >= 0.6 is 12.4 Å². The van der Waals surface area contributed by atoms with Crippen LogP contribution < -0.4 is 11.1 Å². The van der Waals surface area contributed by atoms with Gasteiger partial charge in [0.1, 0.15) is 0 Å². The Morgan fingerprint density at radius 3 is 2.63 bits per heavy atom. The van der Waals surface area contributed by atoms with Crippen molar-refractivity contribution in [3.8, 4) is 0 Å². The molecule has 27 heavy (non-hydrogen) atoms. The highest BCUT2D eigenvalue weighted by atomic mass is 35.5. The zero-order chi connectivity index (χ0) is 18.9. The lowest BCUT2D eigenvalue weighted by Crippen LogP contribution is -2.42. The summed E-state index contributed by atoms with van der Waals surface area (Å²) in [4.78, 5) is 12.7. The summed E-state index contributed by atoms with van der Waals surface area (Å²) in [6.07, 6.45) is 5.05. The Morgan fingerprint density at radius 2 is 2.00 bits per heavy atom. The van der Waals surface area contributed by atoms with Crippen LogP contribution in [0.2, 0.25) is 0 Å². The summed E-state index contributed by atoms with van der Waals surface area (Å²) in [6, 6.07) is 4.77. The van der Waals surface area contributed by atoms with Crippen LogP contribution in [0.5, 0.6) is 0 Å². The van der Waals surface area contributed by atoms with Crippen molar-refractivity contribution in [2.45, 2.75) is 62.9 Å². The molecule has 3 rings (SSSR count). The minimum absolute atomic E-state index is 0. The van der Waals surface area contributed by atoms with Gasteiger partial charge in [0.05, 0.1) is 4.90 Å². The minimum Gasteiger partial charge on any atom is -0.350 e. The van der Waals surface area contributed by atoms with Crippen LogP contribution in [0.4, 0.5) is 0 Å². The first-order valence-corrected chi connectivity index (χ1v) is 10.9. The van der Waals surface area contributed by atoms with Crippen LogP contribution in [0.1, 0.15) is 54.9 Å². The number of aryl methyl sites for hydroxylation is 1. The second-order valence-electron chi connectivity index (χ2n) is 7.65. The largest absolute Gasteiger partial charge is 0.350 e. The van der Waals surface area contributed by atoms with E-state index in [1.807, 2.05) is 13.8 Å². The lowest BCUT2D eigenvalue weighted by Gasteiger charge is -2.32. The molecule has 1 heterocycles. The summed E-state index contributed by atoms with van der Waals surface area (Å²) in [5, 5.41) is 2.86. The van der Waals surface area contributed by atoms with E-state index in [2.05, 4.69) is 5.32 Å². The quantitative estimate of drug-likeness (QED) is 0.746. The van der Waals surface area contributed by atoms with Gasteiger partial charge in [-0.2, -0.15) is 4.31 Å². The number of carbonyl (C=O) groups is 1. The van der Waals surface area contributed by atoms with Gasteiger partial charge >= 0.3 is 0 Å². The van der Waals surface area contributed by atoms with E-state index in [9.17, 15) is 13.2 Å². The third kappa shape index (κ3) is 5.02. The fourth-order valence-electron chi connectivity index (χ4n) is 3.57. The maximum atomic E-state index is 13.0. The number of benzene rings is 1. The Balaban J connectivity index is 0.00000261. The number of hydrogen-bond donors (Lipinski definition) is 2. The lowest BCUT2D eigenvalue weighted by molar-refractivity contribution is 0.0949. The Hall–Kier alpha value is -1.15.